The lowest BCUT2D eigenvalue weighted by atomic mass is 9.96. The van der Waals surface area contributed by atoms with Crippen molar-refractivity contribution in [3.8, 4) is 0 Å². The van der Waals surface area contributed by atoms with Gasteiger partial charge in [0.2, 0.25) is 5.91 Å². The molecule has 0 aliphatic carbocycles. The first-order valence-corrected chi connectivity index (χ1v) is 34.2. The first-order valence-electron chi connectivity index (χ1n) is 34.2. The van der Waals surface area contributed by atoms with Crippen LogP contribution in [0.4, 0.5) is 0 Å². The molecule has 3 fully saturated rings. The molecule has 0 aromatic rings. The molecular formula is C69H121NO18. The molecule has 0 aromatic heterocycles. The lowest BCUT2D eigenvalue weighted by molar-refractivity contribution is -0.379. The van der Waals surface area contributed by atoms with Gasteiger partial charge in [-0.25, -0.2) is 0 Å². The Morgan fingerprint density at radius 3 is 1.23 bits per heavy atom. The number of carbonyl (C=O) groups excluding carboxylic acids is 1. The van der Waals surface area contributed by atoms with Crippen LogP contribution in [-0.4, -0.2) is 193 Å². The van der Waals surface area contributed by atoms with E-state index in [9.17, 15) is 61.0 Å². The summed E-state index contributed by atoms with van der Waals surface area (Å²) in [5, 5.41) is 120. The van der Waals surface area contributed by atoms with Crippen molar-refractivity contribution in [3.63, 3.8) is 0 Å². The van der Waals surface area contributed by atoms with Crippen LogP contribution in [-0.2, 0) is 33.2 Å². The number of nitrogens with one attached hydrogen (secondary N) is 1. The zero-order chi connectivity index (χ0) is 64.0. The van der Waals surface area contributed by atoms with Gasteiger partial charge in [0, 0.05) is 6.42 Å². The van der Waals surface area contributed by atoms with Crippen LogP contribution in [0.15, 0.2) is 72.9 Å². The second-order valence-electron chi connectivity index (χ2n) is 24.3. The third kappa shape index (κ3) is 32.7. The quantitative estimate of drug-likeness (QED) is 0.0200. The molecular weight excluding hydrogens is 1130 g/mol. The van der Waals surface area contributed by atoms with Gasteiger partial charge in [-0.2, -0.15) is 0 Å². The number of ether oxygens (including phenoxy) is 6. The Balaban J connectivity index is 1.34. The van der Waals surface area contributed by atoms with Gasteiger partial charge in [-0.3, -0.25) is 4.79 Å². The monoisotopic (exact) mass is 1250 g/mol. The highest BCUT2D eigenvalue weighted by Gasteiger charge is 2.53. The SMILES string of the molecule is CC/C=C\C/C=C\C/C=C\C/C=C\C/C=C\CCCCCCCCCCCCCCCCCCCC(=O)NC(COC1OC(CO)C(OC2OC(CO)C(OC3OC(CO)C(O)C(O)C3O)C(O)C2O)C(O)C1O)C(O)/C=C/CCCCCCCCCC. The maximum atomic E-state index is 13.4. The molecule has 0 saturated carbocycles. The number of unbranched alkanes of at least 4 members (excludes halogenated alkanes) is 25. The van der Waals surface area contributed by atoms with E-state index in [1.54, 1.807) is 6.08 Å². The largest absolute Gasteiger partial charge is 0.394 e. The summed E-state index contributed by atoms with van der Waals surface area (Å²) < 4.78 is 34.3. The van der Waals surface area contributed by atoms with E-state index in [0.717, 1.165) is 77.0 Å². The average molecular weight is 1250 g/mol. The molecule has 0 aromatic carbocycles. The van der Waals surface area contributed by atoms with Crippen LogP contribution >= 0.6 is 0 Å². The molecule has 3 saturated heterocycles. The van der Waals surface area contributed by atoms with Gasteiger partial charge < -0.3 is 89.9 Å². The van der Waals surface area contributed by atoms with Gasteiger partial charge >= 0.3 is 0 Å². The lowest BCUT2D eigenvalue weighted by Gasteiger charge is -2.48. The minimum atomic E-state index is -1.98. The number of allylic oxidation sites excluding steroid dienone is 11. The molecule has 17 atom stereocenters. The van der Waals surface area contributed by atoms with Gasteiger partial charge in [0.05, 0.1) is 38.6 Å². The Labute approximate surface area is 528 Å². The minimum Gasteiger partial charge on any atom is -0.394 e. The molecule has 19 nitrogen and oxygen atoms in total. The lowest BCUT2D eigenvalue weighted by Crippen LogP contribution is -2.66. The summed E-state index contributed by atoms with van der Waals surface area (Å²) >= 11 is 0. The fourth-order valence-electron chi connectivity index (χ4n) is 11.2. The van der Waals surface area contributed by atoms with Gasteiger partial charge in [-0.15, -0.1) is 0 Å². The van der Waals surface area contributed by atoms with E-state index in [4.69, 9.17) is 28.4 Å². The van der Waals surface area contributed by atoms with Crippen molar-refractivity contribution in [2.75, 3.05) is 26.4 Å². The van der Waals surface area contributed by atoms with Crippen LogP contribution in [0, 0.1) is 0 Å². The van der Waals surface area contributed by atoms with E-state index in [-0.39, 0.29) is 18.9 Å². The second-order valence-corrected chi connectivity index (χ2v) is 24.3. The topological polar surface area (TPSA) is 307 Å². The molecule has 12 N–H and O–H groups in total. The summed E-state index contributed by atoms with van der Waals surface area (Å²) in [5.41, 5.74) is 0. The zero-order valence-electron chi connectivity index (χ0n) is 53.7. The van der Waals surface area contributed by atoms with Crippen molar-refractivity contribution in [1.82, 2.24) is 5.32 Å². The molecule has 0 bridgehead atoms. The zero-order valence-corrected chi connectivity index (χ0v) is 53.7. The maximum absolute atomic E-state index is 13.4. The van der Waals surface area contributed by atoms with Crippen molar-refractivity contribution in [2.24, 2.45) is 0 Å². The number of aliphatic hydroxyl groups is 11. The number of carbonyl (C=O) groups is 1. The van der Waals surface area contributed by atoms with Crippen molar-refractivity contribution in [1.29, 1.82) is 0 Å². The molecule has 3 rings (SSSR count). The molecule has 3 heterocycles. The van der Waals surface area contributed by atoms with Gasteiger partial charge in [0.1, 0.15) is 73.2 Å². The first kappa shape index (κ1) is 79.5. The van der Waals surface area contributed by atoms with E-state index in [1.165, 1.54) is 122 Å². The summed E-state index contributed by atoms with van der Waals surface area (Å²) in [6.45, 7) is 1.58. The Kier molecular flexibility index (Phi) is 45.8. The molecule has 0 spiro atoms. The fraction of sp³-hybridized carbons (Fsp3) is 0.812. The fourth-order valence-corrected chi connectivity index (χ4v) is 11.2. The molecule has 3 aliphatic rings. The molecule has 17 unspecified atom stereocenters. The van der Waals surface area contributed by atoms with Gasteiger partial charge in [-0.05, 0) is 64.2 Å². The van der Waals surface area contributed by atoms with E-state index >= 15 is 0 Å². The van der Waals surface area contributed by atoms with Gasteiger partial charge in [0.25, 0.3) is 0 Å². The summed E-state index contributed by atoms with van der Waals surface area (Å²) in [4.78, 5) is 13.4. The number of amides is 1. The summed E-state index contributed by atoms with van der Waals surface area (Å²) in [6.07, 6.45) is 36.3. The summed E-state index contributed by atoms with van der Waals surface area (Å²) in [6, 6.07) is -0.973. The normalized spacial score (nSPS) is 28.9. The van der Waals surface area contributed by atoms with Crippen molar-refractivity contribution < 1.29 is 89.4 Å². The number of aliphatic hydroxyl groups excluding tert-OH is 11. The Morgan fingerprint density at radius 2 is 0.784 bits per heavy atom. The van der Waals surface area contributed by atoms with E-state index < -0.39 is 124 Å². The molecule has 3 aliphatic heterocycles. The minimum absolute atomic E-state index is 0.241. The predicted molar refractivity (Wildman–Crippen MR) is 341 cm³/mol. The molecule has 510 valence electrons. The first-order chi connectivity index (χ1) is 42.8. The summed E-state index contributed by atoms with van der Waals surface area (Å²) in [5.74, 6) is -0.278. The number of rotatable bonds is 51. The molecule has 1 amide bonds. The van der Waals surface area contributed by atoms with Crippen LogP contribution < -0.4 is 5.32 Å². The van der Waals surface area contributed by atoms with E-state index in [2.05, 4.69) is 79.9 Å². The highest BCUT2D eigenvalue weighted by Crippen LogP contribution is 2.33. The molecule has 0 radical (unpaired) electrons. The van der Waals surface area contributed by atoms with Crippen molar-refractivity contribution in [3.05, 3.63) is 72.9 Å². The Morgan fingerprint density at radius 1 is 0.420 bits per heavy atom. The highest BCUT2D eigenvalue weighted by atomic mass is 16.8. The average Bonchev–Trinajstić information content (AvgIpc) is 1.83. The van der Waals surface area contributed by atoms with Crippen LogP contribution in [0.25, 0.3) is 0 Å². The second kappa shape index (κ2) is 50.7. The Bertz CT molecular complexity index is 1880. The van der Waals surface area contributed by atoms with E-state index in [1.807, 2.05) is 6.08 Å². The maximum Gasteiger partial charge on any atom is 0.220 e. The Hall–Kier alpha value is -2.77. The predicted octanol–water partition coefficient (Wildman–Crippen LogP) is 8.55. The summed E-state index contributed by atoms with van der Waals surface area (Å²) in [7, 11) is 0. The van der Waals surface area contributed by atoms with Crippen molar-refractivity contribution in [2.45, 2.75) is 330 Å². The standard InChI is InChI=1S/C69H121NO18/c1-3-5-7-9-11-13-15-16-17-18-19-20-21-22-23-24-25-26-27-28-29-30-31-32-33-34-35-36-37-39-41-43-45-47-57(75)70-52(53(74)46-44-42-40-38-14-12-10-8-6-4-2)51-83-67-63(81)60(78)65(55(49-72)85-67)88-69-64(82)61(79)66(56(50-73)86-69)87-68-62(80)59(77)58(76)54(48-71)84-68/h5,7,11,13,16-17,19-20,22-23,44,46,52-56,58-69,71-74,76-82H,3-4,6,8-10,12,14-15,18,21,24-43,45,47-51H2,1-2H3,(H,70,75)/b7-5-,13-11-,17-16-,20-19-,23-22-,46-44+. The van der Waals surface area contributed by atoms with Crippen LogP contribution in [0.2, 0.25) is 0 Å². The van der Waals surface area contributed by atoms with Gasteiger partial charge in [-0.1, -0.05) is 228 Å². The van der Waals surface area contributed by atoms with Crippen LogP contribution in [0.1, 0.15) is 226 Å². The smallest absolute Gasteiger partial charge is 0.220 e. The van der Waals surface area contributed by atoms with Crippen LogP contribution in [0.5, 0.6) is 0 Å². The molecule has 88 heavy (non-hydrogen) atoms. The molecule has 19 heteroatoms. The number of hydrogen-bond acceptors (Lipinski definition) is 18. The van der Waals surface area contributed by atoms with Gasteiger partial charge in [0.15, 0.2) is 18.9 Å². The third-order valence-corrected chi connectivity index (χ3v) is 16.8. The third-order valence-electron chi connectivity index (χ3n) is 16.8. The van der Waals surface area contributed by atoms with Crippen LogP contribution in [0.3, 0.4) is 0 Å². The highest BCUT2D eigenvalue weighted by molar-refractivity contribution is 5.76. The van der Waals surface area contributed by atoms with E-state index in [0.29, 0.717) is 6.42 Å². The number of hydrogen-bond donors (Lipinski definition) is 12. The van der Waals surface area contributed by atoms with Crippen molar-refractivity contribution >= 4 is 5.91 Å².